The molecule has 0 saturated heterocycles. The number of aromatic nitrogens is 1. The van der Waals surface area contributed by atoms with E-state index in [2.05, 4.69) is 15.5 Å². The molecule has 0 bridgehead atoms. The Morgan fingerprint density at radius 2 is 1.95 bits per heavy atom. The Bertz CT molecular complexity index is 580. The van der Waals surface area contributed by atoms with Crippen LogP contribution in [0.15, 0.2) is 53.9 Å². The Hall–Kier alpha value is -2.69. The average molecular weight is 269 g/mol. The van der Waals surface area contributed by atoms with Gasteiger partial charge in [-0.05, 0) is 48.9 Å². The average Bonchev–Trinajstić information content (AvgIpc) is 2.49. The molecule has 0 aliphatic rings. The third-order valence-electron chi connectivity index (χ3n) is 2.51. The Balaban J connectivity index is 1.93. The second-order valence-electron chi connectivity index (χ2n) is 3.94. The van der Waals surface area contributed by atoms with Gasteiger partial charge in [-0.3, -0.25) is 9.78 Å². The minimum atomic E-state index is -0.265. The molecule has 2 aromatic rings. The van der Waals surface area contributed by atoms with Crippen molar-refractivity contribution in [2.75, 3.05) is 6.61 Å². The molecule has 1 heterocycles. The molecule has 0 fully saturated rings. The number of ether oxygens (including phenoxy) is 1. The van der Waals surface area contributed by atoms with Gasteiger partial charge in [0.1, 0.15) is 5.75 Å². The van der Waals surface area contributed by atoms with Crippen LogP contribution in [0.2, 0.25) is 0 Å². The minimum absolute atomic E-state index is 0.265. The quantitative estimate of drug-likeness (QED) is 0.669. The van der Waals surface area contributed by atoms with E-state index in [1.54, 1.807) is 55.0 Å². The number of hydrazone groups is 1. The molecule has 1 amide bonds. The minimum Gasteiger partial charge on any atom is -0.494 e. The number of hydrogen-bond donors (Lipinski definition) is 1. The van der Waals surface area contributed by atoms with Crippen molar-refractivity contribution in [2.45, 2.75) is 6.92 Å². The zero-order chi connectivity index (χ0) is 14.2. The highest BCUT2D eigenvalue weighted by molar-refractivity contribution is 5.94. The molecule has 0 saturated carbocycles. The van der Waals surface area contributed by atoms with E-state index < -0.39 is 0 Å². The van der Waals surface area contributed by atoms with Crippen molar-refractivity contribution in [1.29, 1.82) is 0 Å². The molecular formula is C15H15N3O2. The Kier molecular flexibility index (Phi) is 4.83. The number of carbonyl (C=O) groups is 1. The molecule has 5 heteroatoms. The predicted octanol–water partition coefficient (Wildman–Crippen LogP) is 2.24. The fourth-order valence-electron chi connectivity index (χ4n) is 1.55. The van der Waals surface area contributed by atoms with E-state index in [0.717, 1.165) is 11.3 Å². The number of nitrogens with one attached hydrogen (secondary N) is 1. The first-order valence-corrected chi connectivity index (χ1v) is 6.26. The summed E-state index contributed by atoms with van der Waals surface area (Å²) in [6.45, 7) is 2.51. The molecule has 2 rings (SSSR count). The van der Waals surface area contributed by atoms with E-state index >= 15 is 0 Å². The highest BCUT2D eigenvalue weighted by atomic mass is 16.5. The van der Waals surface area contributed by atoms with E-state index in [-0.39, 0.29) is 5.91 Å². The van der Waals surface area contributed by atoms with Gasteiger partial charge in [-0.1, -0.05) is 0 Å². The second-order valence-corrected chi connectivity index (χ2v) is 3.94. The second kappa shape index (κ2) is 7.04. The Morgan fingerprint density at radius 3 is 2.60 bits per heavy atom. The van der Waals surface area contributed by atoms with Crippen LogP contribution in [-0.2, 0) is 0 Å². The highest BCUT2D eigenvalue weighted by Crippen LogP contribution is 2.11. The fourth-order valence-corrected chi connectivity index (χ4v) is 1.55. The van der Waals surface area contributed by atoms with Gasteiger partial charge in [0.25, 0.3) is 5.91 Å². The molecule has 0 atom stereocenters. The summed E-state index contributed by atoms with van der Waals surface area (Å²) in [6.07, 6.45) is 4.89. The smallest absolute Gasteiger partial charge is 0.271 e. The van der Waals surface area contributed by atoms with Crippen LogP contribution < -0.4 is 10.2 Å². The summed E-state index contributed by atoms with van der Waals surface area (Å²) in [4.78, 5) is 15.7. The van der Waals surface area contributed by atoms with Crippen molar-refractivity contribution in [2.24, 2.45) is 5.10 Å². The van der Waals surface area contributed by atoms with Crippen molar-refractivity contribution in [3.05, 3.63) is 59.9 Å². The lowest BCUT2D eigenvalue weighted by Crippen LogP contribution is -2.17. The van der Waals surface area contributed by atoms with Crippen LogP contribution >= 0.6 is 0 Å². The number of carbonyl (C=O) groups excluding carboxylic acids is 1. The van der Waals surface area contributed by atoms with E-state index in [4.69, 9.17) is 4.74 Å². The summed E-state index contributed by atoms with van der Waals surface area (Å²) in [6, 6.07) is 10.5. The molecule has 0 aliphatic carbocycles. The van der Waals surface area contributed by atoms with E-state index in [1.165, 1.54) is 0 Å². The molecule has 1 aromatic carbocycles. The SMILES string of the molecule is CCOc1ccc(C(=O)N/N=C/c2ccncc2)cc1. The lowest BCUT2D eigenvalue weighted by Gasteiger charge is -2.03. The predicted molar refractivity (Wildman–Crippen MR) is 76.9 cm³/mol. The third kappa shape index (κ3) is 3.91. The summed E-state index contributed by atoms with van der Waals surface area (Å²) in [7, 11) is 0. The van der Waals surface area contributed by atoms with Crippen LogP contribution in [0.25, 0.3) is 0 Å². The monoisotopic (exact) mass is 269 g/mol. The third-order valence-corrected chi connectivity index (χ3v) is 2.51. The molecule has 20 heavy (non-hydrogen) atoms. The first-order valence-electron chi connectivity index (χ1n) is 6.26. The zero-order valence-electron chi connectivity index (χ0n) is 11.1. The van der Waals surface area contributed by atoms with Crippen molar-refractivity contribution >= 4 is 12.1 Å². The van der Waals surface area contributed by atoms with Gasteiger partial charge in [0, 0.05) is 18.0 Å². The Morgan fingerprint density at radius 1 is 1.25 bits per heavy atom. The fraction of sp³-hybridized carbons (Fsp3) is 0.133. The summed E-state index contributed by atoms with van der Waals surface area (Å²) in [5.41, 5.74) is 3.86. The van der Waals surface area contributed by atoms with Crippen molar-refractivity contribution in [3.63, 3.8) is 0 Å². The van der Waals surface area contributed by atoms with E-state index in [1.807, 2.05) is 6.92 Å². The number of amides is 1. The summed E-state index contributed by atoms with van der Waals surface area (Å²) in [5.74, 6) is 0.475. The first kappa shape index (κ1) is 13.7. The van der Waals surface area contributed by atoms with Gasteiger partial charge in [-0.25, -0.2) is 5.43 Å². The van der Waals surface area contributed by atoms with Crippen molar-refractivity contribution in [1.82, 2.24) is 10.4 Å². The zero-order valence-corrected chi connectivity index (χ0v) is 11.1. The van der Waals surface area contributed by atoms with Crippen molar-refractivity contribution < 1.29 is 9.53 Å². The van der Waals surface area contributed by atoms with E-state index in [9.17, 15) is 4.79 Å². The molecule has 0 unspecified atom stereocenters. The standard InChI is InChI=1S/C15H15N3O2/c1-2-20-14-5-3-13(4-6-14)15(19)18-17-11-12-7-9-16-10-8-12/h3-11H,2H2,1H3,(H,18,19)/b17-11+. The topological polar surface area (TPSA) is 63.6 Å². The van der Waals surface area contributed by atoms with Gasteiger partial charge in [-0.15, -0.1) is 0 Å². The highest BCUT2D eigenvalue weighted by Gasteiger charge is 2.03. The normalized spacial score (nSPS) is 10.4. The van der Waals surface area contributed by atoms with E-state index in [0.29, 0.717) is 12.2 Å². The van der Waals surface area contributed by atoms with Crippen LogP contribution in [-0.4, -0.2) is 23.7 Å². The number of pyridine rings is 1. The molecular weight excluding hydrogens is 254 g/mol. The Labute approximate surface area is 117 Å². The summed E-state index contributed by atoms with van der Waals surface area (Å²) in [5, 5.41) is 3.89. The summed E-state index contributed by atoms with van der Waals surface area (Å²) >= 11 is 0. The van der Waals surface area contributed by atoms with Gasteiger partial charge in [-0.2, -0.15) is 5.10 Å². The maximum absolute atomic E-state index is 11.8. The molecule has 1 aromatic heterocycles. The molecule has 102 valence electrons. The maximum Gasteiger partial charge on any atom is 0.271 e. The van der Waals surface area contributed by atoms with Gasteiger partial charge in [0.05, 0.1) is 12.8 Å². The van der Waals surface area contributed by atoms with Crippen LogP contribution in [0.3, 0.4) is 0 Å². The van der Waals surface area contributed by atoms with Gasteiger partial charge < -0.3 is 4.74 Å². The van der Waals surface area contributed by atoms with Crippen LogP contribution in [0, 0.1) is 0 Å². The molecule has 1 N–H and O–H groups in total. The number of hydrogen-bond acceptors (Lipinski definition) is 4. The number of nitrogens with zero attached hydrogens (tertiary/aromatic N) is 2. The number of benzene rings is 1. The largest absolute Gasteiger partial charge is 0.494 e. The lowest BCUT2D eigenvalue weighted by molar-refractivity contribution is 0.0955. The molecule has 0 spiro atoms. The maximum atomic E-state index is 11.8. The van der Waals surface area contributed by atoms with Gasteiger partial charge in [0.15, 0.2) is 0 Å². The van der Waals surface area contributed by atoms with Crippen LogP contribution in [0.5, 0.6) is 5.75 Å². The van der Waals surface area contributed by atoms with Gasteiger partial charge >= 0.3 is 0 Å². The molecule has 0 radical (unpaired) electrons. The first-order chi connectivity index (χ1) is 9.79. The summed E-state index contributed by atoms with van der Waals surface area (Å²) < 4.78 is 5.31. The number of rotatable bonds is 5. The van der Waals surface area contributed by atoms with Crippen molar-refractivity contribution in [3.8, 4) is 5.75 Å². The molecule has 0 aliphatic heterocycles. The lowest BCUT2D eigenvalue weighted by atomic mass is 10.2. The van der Waals surface area contributed by atoms with Crippen LogP contribution in [0.1, 0.15) is 22.8 Å². The van der Waals surface area contributed by atoms with Gasteiger partial charge in [0.2, 0.25) is 0 Å². The molecule has 5 nitrogen and oxygen atoms in total. The van der Waals surface area contributed by atoms with Crippen LogP contribution in [0.4, 0.5) is 0 Å².